The molecule has 0 fully saturated rings. The second kappa shape index (κ2) is 10.7. The van der Waals surface area contributed by atoms with Gasteiger partial charge in [-0.05, 0) is 42.5 Å². The minimum Gasteiger partial charge on any atom is -0.493 e. The second-order valence-corrected chi connectivity index (χ2v) is 6.40. The van der Waals surface area contributed by atoms with Crippen LogP contribution in [0.1, 0.15) is 15.6 Å². The van der Waals surface area contributed by atoms with Gasteiger partial charge in [0.1, 0.15) is 0 Å². The maximum Gasteiger partial charge on any atom is 0.673 e. The standard InChI is InChI=1S/C17H21N2O3S.BF4/c1-6-11-19-15(23-12(2)18-19)10-8-13-7-9-14(20-3)17(22-5)16(13)21-4;2-1(3,4)5/h6-10H,1,11H2,2-5H3;/q+1;-1/b10-8+;. The monoisotopic (exact) mass is 420 g/mol. The van der Waals surface area contributed by atoms with Crippen molar-refractivity contribution in [2.75, 3.05) is 21.3 Å². The van der Waals surface area contributed by atoms with Crippen LogP contribution in [0.3, 0.4) is 0 Å². The van der Waals surface area contributed by atoms with E-state index in [1.54, 1.807) is 32.7 Å². The molecule has 0 N–H and O–H groups in total. The van der Waals surface area contributed by atoms with Crippen LogP contribution in [0.2, 0.25) is 0 Å². The summed E-state index contributed by atoms with van der Waals surface area (Å²) in [6.45, 7) is 6.42. The number of ether oxygens (including phenoxy) is 3. The number of nitrogens with zero attached hydrogens (tertiary/aromatic N) is 2. The molecule has 0 saturated heterocycles. The molecule has 0 atom stereocenters. The molecule has 0 bridgehead atoms. The average Bonchev–Trinajstić information content (AvgIpc) is 2.97. The van der Waals surface area contributed by atoms with E-state index in [2.05, 4.69) is 11.7 Å². The summed E-state index contributed by atoms with van der Waals surface area (Å²) in [6.07, 6.45) is 5.82. The fourth-order valence-corrected chi connectivity index (χ4v) is 3.03. The van der Waals surface area contributed by atoms with Crippen LogP contribution in [-0.4, -0.2) is 33.7 Å². The van der Waals surface area contributed by atoms with Gasteiger partial charge in [0.05, 0.1) is 21.3 Å². The fourth-order valence-electron chi connectivity index (χ4n) is 2.23. The van der Waals surface area contributed by atoms with Crippen molar-refractivity contribution in [1.29, 1.82) is 0 Å². The first-order valence-electron chi connectivity index (χ1n) is 7.97. The minimum atomic E-state index is -6.00. The van der Waals surface area contributed by atoms with E-state index in [9.17, 15) is 17.3 Å². The maximum absolute atomic E-state index is 9.75. The van der Waals surface area contributed by atoms with Crippen LogP contribution < -0.4 is 18.9 Å². The maximum atomic E-state index is 9.75. The molecule has 0 saturated carbocycles. The lowest BCUT2D eigenvalue weighted by Gasteiger charge is -2.13. The number of aromatic nitrogens is 2. The number of allylic oxidation sites excluding steroid dienone is 1. The molecule has 0 aliphatic heterocycles. The van der Waals surface area contributed by atoms with E-state index >= 15 is 0 Å². The summed E-state index contributed by atoms with van der Waals surface area (Å²) in [4.78, 5) is 0. The zero-order valence-electron chi connectivity index (χ0n) is 15.9. The molecule has 0 unspecified atom stereocenters. The van der Waals surface area contributed by atoms with Gasteiger partial charge in [-0.1, -0.05) is 11.3 Å². The van der Waals surface area contributed by atoms with Gasteiger partial charge in [0.15, 0.2) is 23.1 Å². The molecule has 0 radical (unpaired) electrons. The normalized spacial score (nSPS) is 11.0. The highest BCUT2D eigenvalue weighted by Crippen LogP contribution is 2.40. The first kappa shape index (κ1) is 23.5. The number of aryl methyl sites for hydroxylation is 1. The highest BCUT2D eigenvalue weighted by atomic mass is 32.1. The van der Waals surface area contributed by atoms with Crippen LogP contribution in [0.15, 0.2) is 24.8 Å². The Labute approximate surface area is 165 Å². The van der Waals surface area contributed by atoms with Crippen LogP contribution in [0, 0.1) is 6.92 Å². The van der Waals surface area contributed by atoms with E-state index in [0.29, 0.717) is 23.8 Å². The third-order valence-corrected chi connectivity index (χ3v) is 4.14. The molecule has 0 aliphatic rings. The summed E-state index contributed by atoms with van der Waals surface area (Å²) in [7, 11) is -1.19. The highest BCUT2D eigenvalue weighted by molar-refractivity contribution is 7.11. The first-order chi connectivity index (χ1) is 13.1. The van der Waals surface area contributed by atoms with Crippen LogP contribution >= 0.6 is 11.3 Å². The molecule has 2 aromatic rings. The van der Waals surface area contributed by atoms with Crippen molar-refractivity contribution in [3.8, 4) is 17.2 Å². The van der Waals surface area contributed by atoms with Gasteiger partial charge >= 0.3 is 7.25 Å². The van der Waals surface area contributed by atoms with E-state index in [4.69, 9.17) is 14.2 Å². The molecule has 154 valence electrons. The number of halogens is 4. The Bertz CT molecular complexity index is 819. The SMILES string of the molecule is C=CC[n+]1nc(C)sc1/C=C/c1ccc(OC)c(OC)c1OC.F[B-](F)(F)F. The van der Waals surface area contributed by atoms with Crippen LogP contribution in [0.5, 0.6) is 17.2 Å². The first-order valence-corrected chi connectivity index (χ1v) is 8.79. The minimum absolute atomic E-state index is 0.580. The highest BCUT2D eigenvalue weighted by Gasteiger charge is 2.20. The zero-order chi connectivity index (χ0) is 21.3. The second-order valence-electron chi connectivity index (χ2n) is 5.18. The summed E-state index contributed by atoms with van der Waals surface area (Å²) < 4.78 is 57.1. The summed E-state index contributed by atoms with van der Waals surface area (Å²) in [6, 6.07) is 3.79. The van der Waals surface area contributed by atoms with Crippen LogP contribution in [-0.2, 0) is 6.54 Å². The van der Waals surface area contributed by atoms with Crippen LogP contribution in [0.25, 0.3) is 12.2 Å². The molecule has 11 heteroatoms. The van der Waals surface area contributed by atoms with Gasteiger partial charge in [0.2, 0.25) is 5.75 Å². The lowest BCUT2D eigenvalue weighted by atomic mass is 10.1. The van der Waals surface area contributed by atoms with Gasteiger partial charge in [-0.25, -0.2) is 0 Å². The molecule has 28 heavy (non-hydrogen) atoms. The predicted molar refractivity (Wildman–Crippen MR) is 102 cm³/mol. The van der Waals surface area contributed by atoms with Crippen LogP contribution in [0.4, 0.5) is 17.3 Å². The largest absolute Gasteiger partial charge is 0.673 e. The van der Waals surface area contributed by atoms with Gasteiger partial charge < -0.3 is 31.5 Å². The van der Waals surface area contributed by atoms with Crippen molar-refractivity contribution >= 4 is 30.7 Å². The summed E-state index contributed by atoms with van der Waals surface area (Å²) in [5.74, 6) is 1.85. The Morgan fingerprint density at radius 2 is 1.68 bits per heavy atom. The Morgan fingerprint density at radius 1 is 1.07 bits per heavy atom. The third-order valence-electron chi connectivity index (χ3n) is 3.21. The topological polar surface area (TPSA) is 44.5 Å². The number of rotatable bonds is 7. The van der Waals surface area contributed by atoms with Gasteiger partial charge in [0, 0.05) is 16.7 Å². The summed E-state index contributed by atoms with van der Waals surface area (Å²) >= 11 is 1.63. The lowest BCUT2D eigenvalue weighted by molar-refractivity contribution is -0.741. The number of benzene rings is 1. The quantitative estimate of drug-likeness (QED) is 0.288. The van der Waals surface area contributed by atoms with Crippen molar-refractivity contribution in [3.05, 3.63) is 40.4 Å². The van der Waals surface area contributed by atoms with Crippen molar-refractivity contribution in [2.24, 2.45) is 0 Å². The van der Waals surface area contributed by atoms with Crippen molar-refractivity contribution in [3.63, 3.8) is 0 Å². The van der Waals surface area contributed by atoms with Crippen molar-refractivity contribution in [2.45, 2.75) is 13.5 Å². The average molecular weight is 420 g/mol. The van der Waals surface area contributed by atoms with E-state index in [-0.39, 0.29) is 0 Å². The molecule has 0 spiro atoms. The molecule has 5 nitrogen and oxygen atoms in total. The third kappa shape index (κ3) is 7.22. The molecule has 0 amide bonds. The molecule has 1 aromatic heterocycles. The Balaban J connectivity index is 0.000000696. The van der Waals surface area contributed by atoms with Gasteiger partial charge in [-0.3, -0.25) is 0 Å². The van der Waals surface area contributed by atoms with E-state index in [1.807, 2.05) is 42.0 Å². The number of hydrogen-bond donors (Lipinski definition) is 0. The molecule has 1 heterocycles. The molecule has 2 rings (SSSR count). The Kier molecular flexibility index (Phi) is 8.97. The smallest absolute Gasteiger partial charge is 0.493 e. The number of methoxy groups -OCH3 is 3. The van der Waals surface area contributed by atoms with Gasteiger partial charge in [0.25, 0.3) is 5.01 Å². The number of hydrogen-bond acceptors (Lipinski definition) is 5. The van der Waals surface area contributed by atoms with E-state index in [0.717, 1.165) is 15.6 Å². The summed E-state index contributed by atoms with van der Waals surface area (Å²) in [5, 5.41) is 6.50. The van der Waals surface area contributed by atoms with Crippen molar-refractivity contribution in [1.82, 2.24) is 5.10 Å². The van der Waals surface area contributed by atoms with Gasteiger partial charge in [-0.15, -0.1) is 0 Å². The molecule has 1 aromatic carbocycles. The molecular formula is C17H21BF4N2O3S. The van der Waals surface area contributed by atoms with E-state index in [1.165, 1.54) is 0 Å². The van der Waals surface area contributed by atoms with Gasteiger partial charge in [-0.2, -0.15) is 0 Å². The molecular weight excluding hydrogens is 399 g/mol. The fraction of sp³-hybridized carbons (Fsp3) is 0.294. The molecule has 0 aliphatic carbocycles. The zero-order valence-corrected chi connectivity index (χ0v) is 16.7. The Hall–Kier alpha value is -2.56. The predicted octanol–water partition coefficient (Wildman–Crippen LogP) is 4.42. The Morgan fingerprint density at radius 3 is 2.18 bits per heavy atom. The summed E-state index contributed by atoms with van der Waals surface area (Å²) in [5.41, 5.74) is 0.904. The van der Waals surface area contributed by atoms with E-state index < -0.39 is 7.25 Å². The lowest BCUT2D eigenvalue weighted by Crippen LogP contribution is -2.37. The van der Waals surface area contributed by atoms with Crippen molar-refractivity contribution < 1.29 is 36.2 Å².